The molecule has 1 rings (SSSR count). The number of aldehydes is 1. The van der Waals surface area contributed by atoms with Gasteiger partial charge in [-0.25, -0.2) is 0 Å². The van der Waals surface area contributed by atoms with Crippen molar-refractivity contribution >= 4 is 6.29 Å². The van der Waals surface area contributed by atoms with Crippen LogP contribution in [0.3, 0.4) is 0 Å². The Balaban J connectivity index is 2.23. The van der Waals surface area contributed by atoms with Crippen LogP contribution in [-0.4, -0.2) is 38.1 Å². The van der Waals surface area contributed by atoms with Crippen molar-refractivity contribution in [2.45, 2.75) is 12.1 Å². The molecule has 0 spiro atoms. The van der Waals surface area contributed by atoms with E-state index < -0.39 is 0 Å². The maximum atomic E-state index is 10.2. The van der Waals surface area contributed by atoms with Crippen LogP contribution in [0.4, 0.5) is 0 Å². The molecule has 1 heterocycles. The Kier molecular flexibility index (Phi) is 2.80. The molecule has 0 aromatic heterocycles. The highest BCUT2D eigenvalue weighted by atomic mass is 16.5. The molecule has 10 heavy (non-hydrogen) atoms. The van der Waals surface area contributed by atoms with Crippen LogP contribution < -0.4 is 11.1 Å². The van der Waals surface area contributed by atoms with Crippen molar-refractivity contribution in [3.05, 3.63) is 0 Å². The molecule has 2 atom stereocenters. The molecule has 58 valence electrons. The molecule has 0 amide bonds. The van der Waals surface area contributed by atoms with Crippen LogP contribution in [-0.2, 0) is 9.53 Å². The maximum Gasteiger partial charge on any atom is 0.139 e. The molecule has 1 fully saturated rings. The number of hydrogen-bond acceptors (Lipinski definition) is 4. The van der Waals surface area contributed by atoms with Gasteiger partial charge in [-0.05, 0) is 0 Å². The fourth-order valence-electron chi connectivity index (χ4n) is 0.879. The minimum Gasteiger partial charge on any atom is -0.373 e. The summed E-state index contributed by atoms with van der Waals surface area (Å²) in [6.07, 6.45) is 0.934. The lowest BCUT2D eigenvalue weighted by Crippen LogP contribution is -2.49. The quantitative estimate of drug-likeness (QED) is 0.463. The van der Waals surface area contributed by atoms with Crippen molar-refractivity contribution in [3.8, 4) is 0 Å². The first-order valence-corrected chi connectivity index (χ1v) is 3.37. The third-order valence-corrected chi connectivity index (χ3v) is 1.55. The number of carbonyl (C=O) groups is 1. The highest BCUT2D eigenvalue weighted by molar-refractivity contribution is 5.57. The molecule has 4 heteroatoms. The second-order valence-electron chi connectivity index (χ2n) is 2.34. The number of nitrogens with one attached hydrogen (secondary N) is 1. The van der Waals surface area contributed by atoms with Crippen LogP contribution in [0.2, 0.25) is 0 Å². The van der Waals surface area contributed by atoms with E-state index in [0.717, 1.165) is 6.29 Å². The van der Waals surface area contributed by atoms with Crippen LogP contribution in [0.25, 0.3) is 0 Å². The number of carbonyl (C=O) groups excluding carboxylic acids is 1. The van der Waals surface area contributed by atoms with Gasteiger partial charge in [0.25, 0.3) is 0 Å². The van der Waals surface area contributed by atoms with Crippen molar-refractivity contribution < 1.29 is 9.53 Å². The van der Waals surface area contributed by atoms with Gasteiger partial charge < -0.3 is 20.6 Å². The summed E-state index contributed by atoms with van der Waals surface area (Å²) in [4.78, 5) is 10.2. The average Bonchev–Trinajstić information content (AvgIpc) is 2.05. The Morgan fingerprint density at radius 2 is 2.60 bits per heavy atom. The van der Waals surface area contributed by atoms with Crippen molar-refractivity contribution in [1.29, 1.82) is 0 Å². The number of morpholine rings is 1. The zero-order valence-corrected chi connectivity index (χ0v) is 5.75. The average molecular weight is 144 g/mol. The molecule has 0 aliphatic carbocycles. The summed E-state index contributed by atoms with van der Waals surface area (Å²) in [5, 5.41) is 3.00. The molecule has 0 aromatic rings. The molecule has 2 unspecified atom stereocenters. The van der Waals surface area contributed by atoms with Crippen molar-refractivity contribution in [2.24, 2.45) is 5.73 Å². The molecule has 4 nitrogen and oxygen atoms in total. The normalized spacial score (nSPS) is 33.7. The van der Waals surface area contributed by atoms with Crippen molar-refractivity contribution in [2.75, 3.05) is 19.7 Å². The van der Waals surface area contributed by atoms with Gasteiger partial charge in [-0.3, -0.25) is 0 Å². The minimum atomic E-state index is -0.136. The van der Waals surface area contributed by atoms with E-state index in [1.165, 1.54) is 0 Å². The Bertz CT molecular complexity index is 110. The smallest absolute Gasteiger partial charge is 0.139 e. The second kappa shape index (κ2) is 3.65. The first-order chi connectivity index (χ1) is 4.86. The van der Waals surface area contributed by atoms with E-state index in [9.17, 15) is 4.79 Å². The molecule has 0 saturated carbocycles. The van der Waals surface area contributed by atoms with E-state index in [4.69, 9.17) is 10.5 Å². The molecule has 1 aliphatic rings. The molecule has 0 aromatic carbocycles. The fourth-order valence-corrected chi connectivity index (χ4v) is 0.879. The van der Waals surface area contributed by atoms with E-state index in [0.29, 0.717) is 19.7 Å². The van der Waals surface area contributed by atoms with E-state index in [2.05, 4.69) is 5.32 Å². The van der Waals surface area contributed by atoms with Crippen LogP contribution in [0.1, 0.15) is 0 Å². The van der Waals surface area contributed by atoms with Gasteiger partial charge in [0.15, 0.2) is 0 Å². The zero-order valence-electron chi connectivity index (χ0n) is 5.75. The fraction of sp³-hybridized carbons (Fsp3) is 0.833. The van der Waals surface area contributed by atoms with E-state index in [-0.39, 0.29) is 12.1 Å². The molecule has 3 N–H and O–H groups in total. The number of hydrogen-bond donors (Lipinski definition) is 2. The first-order valence-electron chi connectivity index (χ1n) is 3.37. The summed E-state index contributed by atoms with van der Waals surface area (Å²) < 4.78 is 5.21. The largest absolute Gasteiger partial charge is 0.373 e. The minimum absolute atomic E-state index is 0.0798. The van der Waals surface area contributed by atoms with Crippen molar-refractivity contribution in [1.82, 2.24) is 5.32 Å². The summed E-state index contributed by atoms with van der Waals surface area (Å²) >= 11 is 0. The van der Waals surface area contributed by atoms with Crippen LogP contribution in [0.5, 0.6) is 0 Å². The van der Waals surface area contributed by atoms with Gasteiger partial charge in [-0.1, -0.05) is 0 Å². The Morgan fingerprint density at radius 1 is 1.80 bits per heavy atom. The van der Waals surface area contributed by atoms with Gasteiger partial charge in [0.2, 0.25) is 0 Å². The molecule has 0 bridgehead atoms. The predicted octanol–water partition coefficient (Wildman–Crippen LogP) is -1.50. The Hall–Kier alpha value is -0.450. The second-order valence-corrected chi connectivity index (χ2v) is 2.34. The van der Waals surface area contributed by atoms with Crippen LogP contribution in [0.15, 0.2) is 0 Å². The van der Waals surface area contributed by atoms with Crippen LogP contribution >= 0.6 is 0 Å². The Morgan fingerprint density at radius 3 is 3.00 bits per heavy atom. The zero-order chi connectivity index (χ0) is 7.40. The summed E-state index contributed by atoms with van der Waals surface area (Å²) in [7, 11) is 0. The van der Waals surface area contributed by atoms with Crippen LogP contribution in [0, 0.1) is 0 Å². The lowest BCUT2D eigenvalue weighted by Gasteiger charge is -2.26. The highest BCUT2D eigenvalue weighted by Gasteiger charge is 2.18. The lowest BCUT2D eigenvalue weighted by molar-refractivity contribution is -0.113. The standard InChI is InChI=1S/C6H12N2O2/c7-1-6-2-8-5(3-9)4-10-6/h3,5-6,8H,1-2,4,7H2. The maximum absolute atomic E-state index is 10.2. The van der Waals surface area contributed by atoms with Gasteiger partial charge >= 0.3 is 0 Å². The number of nitrogens with two attached hydrogens (primary N) is 1. The molecular formula is C6H12N2O2. The Labute approximate surface area is 59.7 Å². The summed E-state index contributed by atoms with van der Waals surface area (Å²) in [6, 6.07) is -0.136. The predicted molar refractivity (Wildman–Crippen MR) is 36.6 cm³/mol. The summed E-state index contributed by atoms with van der Waals surface area (Å²) in [6.45, 7) is 1.64. The monoisotopic (exact) mass is 144 g/mol. The molecular weight excluding hydrogens is 132 g/mol. The molecule has 1 aliphatic heterocycles. The lowest BCUT2D eigenvalue weighted by atomic mass is 10.2. The highest BCUT2D eigenvalue weighted by Crippen LogP contribution is 1.96. The van der Waals surface area contributed by atoms with Gasteiger partial charge in [-0.15, -0.1) is 0 Å². The SMILES string of the molecule is NCC1CNC(C=O)CO1. The van der Waals surface area contributed by atoms with Crippen molar-refractivity contribution in [3.63, 3.8) is 0 Å². The summed E-state index contributed by atoms with van der Waals surface area (Å²) in [5.74, 6) is 0. The molecule has 1 saturated heterocycles. The molecule has 0 radical (unpaired) electrons. The van der Waals surface area contributed by atoms with E-state index in [1.807, 2.05) is 0 Å². The third kappa shape index (κ3) is 1.76. The number of ether oxygens (including phenoxy) is 1. The van der Waals surface area contributed by atoms with E-state index >= 15 is 0 Å². The first kappa shape index (κ1) is 7.65. The van der Waals surface area contributed by atoms with Gasteiger partial charge in [0, 0.05) is 13.1 Å². The topological polar surface area (TPSA) is 64.3 Å². The third-order valence-electron chi connectivity index (χ3n) is 1.55. The number of rotatable bonds is 2. The van der Waals surface area contributed by atoms with E-state index in [1.54, 1.807) is 0 Å². The summed E-state index contributed by atoms with van der Waals surface area (Å²) in [5.41, 5.74) is 5.34. The van der Waals surface area contributed by atoms with Gasteiger partial charge in [0.05, 0.1) is 18.8 Å². The van der Waals surface area contributed by atoms with Gasteiger partial charge in [0.1, 0.15) is 6.29 Å². The van der Waals surface area contributed by atoms with Gasteiger partial charge in [-0.2, -0.15) is 0 Å².